The third-order valence-electron chi connectivity index (χ3n) is 4.98. The van der Waals surface area contributed by atoms with Crippen LogP contribution in [0.3, 0.4) is 0 Å². The molecule has 2 heterocycles. The summed E-state index contributed by atoms with van der Waals surface area (Å²) in [7, 11) is 0. The number of piperazine rings is 1. The lowest BCUT2D eigenvalue weighted by Crippen LogP contribution is -2.55. The minimum absolute atomic E-state index is 0.139. The highest BCUT2D eigenvalue weighted by molar-refractivity contribution is 5.57. The predicted molar refractivity (Wildman–Crippen MR) is 85.2 cm³/mol. The lowest BCUT2D eigenvalue weighted by Gasteiger charge is -2.45. The van der Waals surface area contributed by atoms with Crippen LogP contribution in [0.2, 0.25) is 0 Å². The normalized spacial score (nSPS) is 24.8. The first-order valence-corrected chi connectivity index (χ1v) is 8.11. The molecule has 0 bridgehead atoms. The molecule has 2 fully saturated rings. The Morgan fingerprint density at radius 2 is 2.05 bits per heavy atom. The van der Waals surface area contributed by atoms with E-state index in [1.807, 2.05) is 19.9 Å². The molecule has 3 nitrogen and oxygen atoms in total. The number of rotatable bonds is 2. The molecule has 2 atom stereocenters. The second-order valence-electron chi connectivity index (χ2n) is 6.58. The number of halogens is 1. The van der Waals surface area contributed by atoms with Crippen LogP contribution in [-0.4, -0.2) is 37.1 Å². The Bertz CT molecular complexity index is 515. The van der Waals surface area contributed by atoms with E-state index in [2.05, 4.69) is 9.80 Å². The van der Waals surface area contributed by atoms with E-state index < -0.39 is 0 Å². The molecular formula is C17H26FN3. The number of benzene rings is 1. The lowest BCUT2D eigenvalue weighted by atomic mass is 9.97. The van der Waals surface area contributed by atoms with Gasteiger partial charge in [0.25, 0.3) is 0 Å². The van der Waals surface area contributed by atoms with Crippen molar-refractivity contribution in [1.82, 2.24) is 4.90 Å². The van der Waals surface area contributed by atoms with Crippen molar-refractivity contribution in [2.75, 3.05) is 31.1 Å². The van der Waals surface area contributed by atoms with Gasteiger partial charge in [0.2, 0.25) is 0 Å². The highest BCUT2D eigenvalue weighted by Crippen LogP contribution is 2.31. The van der Waals surface area contributed by atoms with Crippen LogP contribution in [0.1, 0.15) is 43.4 Å². The molecule has 0 radical (unpaired) electrons. The fraction of sp³-hybridized carbons (Fsp3) is 0.647. The molecule has 1 unspecified atom stereocenters. The van der Waals surface area contributed by atoms with E-state index >= 15 is 0 Å². The van der Waals surface area contributed by atoms with E-state index in [0.717, 1.165) is 30.9 Å². The quantitative estimate of drug-likeness (QED) is 0.909. The van der Waals surface area contributed by atoms with Gasteiger partial charge in [-0.15, -0.1) is 0 Å². The van der Waals surface area contributed by atoms with Crippen LogP contribution in [-0.2, 0) is 0 Å². The Labute approximate surface area is 126 Å². The number of hydrogen-bond donors (Lipinski definition) is 1. The van der Waals surface area contributed by atoms with Crippen molar-refractivity contribution in [3.63, 3.8) is 0 Å². The van der Waals surface area contributed by atoms with Crippen LogP contribution in [0.25, 0.3) is 0 Å². The fourth-order valence-corrected chi connectivity index (χ4v) is 3.70. The fourth-order valence-electron chi connectivity index (χ4n) is 3.70. The molecule has 2 saturated heterocycles. The molecule has 3 rings (SSSR count). The highest BCUT2D eigenvalue weighted by atomic mass is 19.1. The predicted octanol–water partition coefficient (Wildman–Crippen LogP) is 2.83. The molecule has 0 spiro atoms. The second kappa shape index (κ2) is 5.93. The number of nitrogens with zero attached hydrogens (tertiary/aromatic N) is 2. The number of piperidine rings is 1. The topological polar surface area (TPSA) is 32.5 Å². The molecule has 2 N–H and O–H groups in total. The zero-order valence-corrected chi connectivity index (χ0v) is 13.1. The zero-order valence-electron chi connectivity index (χ0n) is 13.1. The summed E-state index contributed by atoms with van der Waals surface area (Å²) >= 11 is 0. The van der Waals surface area contributed by atoms with Crippen molar-refractivity contribution >= 4 is 5.69 Å². The molecule has 0 amide bonds. The first kappa shape index (κ1) is 14.8. The van der Waals surface area contributed by atoms with E-state index in [-0.39, 0.29) is 11.9 Å². The van der Waals surface area contributed by atoms with Gasteiger partial charge in [0.1, 0.15) is 5.82 Å². The molecule has 4 heteroatoms. The Morgan fingerprint density at radius 1 is 1.24 bits per heavy atom. The standard InChI is InChI=1S/C17H26FN3/c1-12-9-17(15(13(2)19)10-16(12)18)21-8-7-20-6-4-3-5-14(20)11-21/h9-10,13-14H,3-8,11,19H2,1-2H3/t13-,14?/m0/s1. The van der Waals surface area contributed by atoms with Gasteiger partial charge in [-0.2, -0.15) is 0 Å². The van der Waals surface area contributed by atoms with Gasteiger partial charge in [0.15, 0.2) is 0 Å². The first-order valence-electron chi connectivity index (χ1n) is 8.11. The molecule has 1 aromatic carbocycles. The molecule has 2 aliphatic rings. The highest BCUT2D eigenvalue weighted by Gasteiger charge is 2.30. The van der Waals surface area contributed by atoms with Crippen molar-refractivity contribution in [2.45, 2.75) is 45.2 Å². The van der Waals surface area contributed by atoms with Crippen molar-refractivity contribution in [1.29, 1.82) is 0 Å². The third kappa shape index (κ3) is 2.92. The Hall–Kier alpha value is -1.13. The number of anilines is 1. The Morgan fingerprint density at radius 3 is 2.81 bits per heavy atom. The third-order valence-corrected chi connectivity index (χ3v) is 4.98. The summed E-state index contributed by atoms with van der Waals surface area (Å²) in [5.41, 5.74) is 8.84. The molecular weight excluding hydrogens is 265 g/mol. The van der Waals surface area contributed by atoms with Crippen LogP contribution in [0.15, 0.2) is 12.1 Å². The van der Waals surface area contributed by atoms with Crippen LogP contribution in [0, 0.1) is 12.7 Å². The van der Waals surface area contributed by atoms with Crippen molar-refractivity contribution < 1.29 is 4.39 Å². The summed E-state index contributed by atoms with van der Waals surface area (Å²) in [4.78, 5) is 5.03. The monoisotopic (exact) mass is 291 g/mol. The lowest BCUT2D eigenvalue weighted by molar-refractivity contribution is 0.133. The van der Waals surface area contributed by atoms with Crippen LogP contribution >= 0.6 is 0 Å². The molecule has 0 aliphatic carbocycles. The summed E-state index contributed by atoms with van der Waals surface area (Å²) in [5, 5.41) is 0. The Kier molecular flexibility index (Phi) is 4.18. The smallest absolute Gasteiger partial charge is 0.126 e. The summed E-state index contributed by atoms with van der Waals surface area (Å²) in [6.07, 6.45) is 3.94. The first-order chi connectivity index (χ1) is 10.1. The minimum atomic E-state index is -0.151. The summed E-state index contributed by atoms with van der Waals surface area (Å²) in [6, 6.07) is 4.12. The summed E-state index contributed by atoms with van der Waals surface area (Å²) in [5.74, 6) is -0.151. The van der Waals surface area contributed by atoms with Crippen molar-refractivity contribution in [3.05, 3.63) is 29.1 Å². The van der Waals surface area contributed by atoms with Crippen molar-refractivity contribution in [2.24, 2.45) is 5.73 Å². The molecule has 2 aliphatic heterocycles. The number of hydrogen-bond acceptors (Lipinski definition) is 3. The molecule has 1 aromatic rings. The minimum Gasteiger partial charge on any atom is -0.368 e. The van der Waals surface area contributed by atoms with Gasteiger partial charge in [0.05, 0.1) is 0 Å². The number of nitrogens with two attached hydrogens (primary N) is 1. The van der Waals surface area contributed by atoms with Gasteiger partial charge < -0.3 is 10.6 Å². The average Bonchev–Trinajstić information content (AvgIpc) is 2.49. The van der Waals surface area contributed by atoms with Crippen LogP contribution < -0.4 is 10.6 Å². The Balaban J connectivity index is 1.87. The number of fused-ring (bicyclic) bond motifs is 1. The van der Waals surface area contributed by atoms with Gasteiger partial charge in [-0.1, -0.05) is 6.42 Å². The van der Waals surface area contributed by atoms with Crippen LogP contribution in [0.4, 0.5) is 10.1 Å². The maximum Gasteiger partial charge on any atom is 0.126 e. The van der Waals surface area contributed by atoms with E-state index in [0.29, 0.717) is 11.6 Å². The number of aryl methyl sites for hydroxylation is 1. The average molecular weight is 291 g/mol. The van der Waals surface area contributed by atoms with E-state index in [1.54, 1.807) is 6.07 Å². The molecule has 21 heavy (non-hydrogen) atoms. The van der Waals surface area contributed by atoms with Gasteiger partial charge in [-0.3, -0.25) is 4.90 Å². The van der Waals surface area contributed by atoms with E-state index in [1.165, 1.54) is 25.8 Å². The maximum atomic E-state index is 13.9. The van der Waals surface area contributed by atoms with Crippen LogP contribution in [0.5, 0.6) is 0 Å². The van der Waals surface area contributed by atoms with Gasteiger partial charge in [-0.25, -0.2) is 4.39 Å². The SMILES string of the molecule is Cc1cc(N2CCN3CCCCC3C2)c([C@H](C)N)cc1F. The molecule has 0 aromatic heterocycles. The molecule has 116 valence electrons. The van der Waals surface area contributed by atoms with Gasteiger partial charge >= 0.3 is 0 Å². The second-order valence-corrected chi connectivity index (χ2v) is 6.58. The van der Waals surface area contributed by atoms with Crippen molar-refractivity contribution in [3.8, 4) is 0 Å². The largest absolute Gasteiger partial charge is 0.368 e. The van der Waals surface area contributed by atoms with E-state index in [9.17, 15) is 4.39 Å². The summed E-state index contributed by atoms with van der Waals surface area (Å²) < 4.78 is 13.9. The van der Waals surface area contributed by atoms with Gasteiger partial charge in [-0.05, 0) is 56.5 Å². The van der Waals surface area contributed by atoms with E-state index in [4.69, 9.17) is 5.73 Å². The zero-order chi connectivity index (χ0) is 15.0. The van der Waals surface area contributed by atoms with Gasteiger partial charge in [0, 0.05) is 37.4 Å². The molecule has 0 saturated carbocycles. The summed E-state index contributed by atoms with van der Waals surface area (Å²) in [6.45, 7) is 8.18. The maximum absolute atomic E-state index is 13.9.